The quantitative estimate of drug-likeness (QED) is 0.286. The lowest BCUT2D eigenvalue weighted by molar-refractivity contribution is -0.146. The van der Waals surface area contributed by atoms with Crippen LogP contribution in [0.3, 0.4) is 0 Å². The average molecular weight is 442 g/mol. The first-order valence-corrected chi connectivity index (χ1v) is 10.1. The van der Waals surface area contributed by atoms with Gasteiger partial charge in [-0.25, -0.2) is 4.39 Å². The third kappa shape index (κ3) is 5.33. The van der Waals surface area contributed by atoms with Crippen LogP contribution >= 0.6 is 11.8 Å². The maximum atomic E-state index is 14.4. The summed E-state index contributed by atoms with van der Waals surface area (Å²) < 4.78 is 58.3. The second-order valence-corrected chi connectivity index (χ2v) is 8.41. The van der Waals surface area contributed by atoms with Gasteiger partial charge in [0, 0.05) is 30.0 Å². The molecule has 1 unspecified atom stereocenters. The van der Waals surface area contributed by atoms with Gasteiger partial charge in [0.1, 0.15) is 11.4 Å². The zero-order chi connectivity index (χ0) is 21.9. The van der Waals surface area contributed by atoms with Gasteiger partial charge >= 0.3 is 6.18 Å². The zero-order valence-corrected chi connectivity index (χ0v) is 17.4. The molecule has 0 spiro atoms. The lowest BCUT2D eigenvalue weighted by Crippen LogP contribution is -2.37. The molecule has 0 amide bonds. The third-order valence-corrected chi connectivity index (χ3v) is 6.14. The molecule has 0 bridgehead atoms. The molecule has 1 heterocycles. The van der Waals surface area contributed by atoms with Crippen molar-refractivity contribution in [1.82, 2.24) is 4.90 Å². The molecule has 0 radical (unpaired) electrons. The summed E-state index contributed by atoms with van der Waals surface area (Å²) in [4.78, 5) is 2.75. The highest BCUT2D eigenvalue weighted by Crippen LogP contribution is 2.39. The molecule has 1 atom stereocenters. The summed E-state index contributed by atoms with van der Waals surface area (Å²) in [5, 5.41) is 12.0. The zero-order valence-electron chi connectivity index (χ0n) is 16.5. The summed E-state index contributed by atoms with van der Waals surface area (Å²) in [5.41, 5.74) is 0.778. The number of rotatable bonds is 6. The highest BCUT2D eigenvalue weighted by molar-refractivity contribution is 7.99. The van der Waals surface area contributed by atoms with Crippen molar-refractivity contribution in [1.29, 1.82) is 0 Å². The van der Waals surface area contributed by atoms with E-state index in [-0.39, 0.29) is 13.1 Å². The van der Waals surface area contributed by atoms with Gasteiger partial charge in [-0.3, -0.25) is 4.90 Å². The van der Waals surface area contributed by atoms with E-state index in [1.807, 2.05) is 12.1 Å². The maximum absolute atomic E-state index is 14.4. The number of hydrogen-bond donors (Lipinski definition) is 1. The van der Waals surface area contributed by atoms with E-state index >= 15 is 0 Å². The first kappa shape index (κ1) is 22.6. The summed E-state index contributed by atoms with van der Waals surface area (Å²) in [6.07, 6.45) is -3.94. The van der Waals surface area contributed by atoms with E-state index in [9.17, 15) is 17.6 Å². The van der Waals surface area contributed by atoms with Gasteiger partial charge in [-0.1, -0.05) is 29.1 Å². The minimum Gasteiger partial charge on any atom is -0.411 e. The van der Waals surface area contributed by atoms with Crippen LogP contribution in [-0.2, 0) is 10.3 Å². The Hall–Kier alpha value is -2.10. The molecule has 162 valence electrons. The summed E-state index contributed by atoms with van der Waals surface area (Å²) in [6.45, 7) is 0.928. The number of ether oxygens (including phenoxy) is 1. The van der Waals surface area contributed by atoms with Crippen LogP contribution in [0, 0.1) is 5.82 Å². The molecule has 30 heavy (non-hydrogen) atoms. The number of hydrogen-bond acceptors (Lipinski definition) is 5. The molecule has 1 N–H and O–H groups in total. The average Bonchev–Trinajstić information content (AvgIpc) is 3.10. The summed E-state index contributed by atoms with van der Waals surface area (Å²) in [7, 11) is 1.44. The van der Waals surface area contributed by atoms with E-state index < -0.39 is 24.1 Å². The lowest BCUT2D eigenvalue weighted by atomic mass is 9.92. The smallest absolute Gasteiger partial charge is 0.401 e. The van der Waals surface area contributed by atoms with Gasteiger partial charge < -0.3 is 9.94 Å². The second kappa shape index (κ2) is 8.95. The van der Waals surface area contributed by atoms with E-state index in [1.165, 1.54) is 35.9 Å². The van der Waals surface area contributed by atoms with Crippen LogP contribution in [0.2, 0.25) is 0 Å². The summed E-state index contributed by atoms with van der Waals surface area (Å²) >= 11 is 1.33. The topological polar surface area (TPSA) is 45.1 Å². The molecule has 0 aromatic heterocycles. The molecule has 0 aliphatic carbocycles. The van der Waals surface area contributed by atoms with Crippen molar-refractivity contribution in [3.63, 3.8) is 0 Å². The number of oxime groups is 1. The van der Waals surface area contributed by atoms with E-state index in [0.717, 1.165) is 10.5 Å². The highest BCUT2D eigenvalue weighted by Gasteiger charge is 2.43. The van der Waals surface area contributed by atoms with E-state index in [0.29, 0.717) is 22.6 Å². The van der Waals surface area contributed by atoms with Gasteiger partial charge in [-0.05, 0) is 54.8 Å². The molecular formula is C21H22F4N2O2S. The third-order valence-electron chi connectivity index (χ3n) is 5.16. The number of methoxy groups -OCH3 is 1. The monoisotopic (exact) mass is 442 g/mol. The predicted octanol–water partition coefficient (Wildman–Crippen LogP) is 5.28. The van der Waals surface area contributed by atoms with Crippen molar-refractivity contribution >= 4 is 17.5 Å². The van der Waals surface area contributed by atoms with Crippen LogP contribution in [-0.4, -0.2) is 48.7 Å². The Labute approximate surface area is 176 Å². The number of likely N-dealkylation sites (tertiary alicyclic amines) is 1. The van der Waals surface area contributed by atoms with Crippen LogP contribution in [0.5, 0.6) is 0 Å². The van der Waals surface area contributed by atoms with Crippen LogP contribution < -0.4 is 0 Å². The van der Waals surface area contributed by atoms with Gasteiger partial charge in [0.05, 0.1) is 12.3 Å². The van der Waals surface area contributed by atoms with Gasteiger partial charge in [-0.15, -0.1) is 0 Å². The Balaban J connectivity index is 1.82. The predicted molar refractivity (Wildman–Crippen MR) is 107 cm³/mol. The normalized spacial score (nSPS) is 20.7. The molecule has 2 aromatic carbocycles. The van der Waals surface area contributed by atoms with Crippen LogP contribution in [0.1, 0.15) is 24.5 Å². The second-order valence-electron chi connectivity index (χ2n) is 7.26. The summed E-state index contributed by atoms with van der Waals surface area (Å²) in [5.74, 6) is -0.472. The van der Waals surface area contributed by atoms with Crippen LogP contribution in [0.15, 0.2) is 57.4 Å². The molecule has 2 aromatic rings. The van der Waals surface area contributed by atoms with Gasteiger partial charge in [0.15, 0.2) is 0 Å². The van der Waals surface area contributed by atoms with E-state index in [4.69, 9.17) is 9.94 Å². The first-order chi connectivity index (χ1) is 14.1. The molecule has 1 aliphatic rings. The summed E-state index contributed by atoms with van der Waals surface area (Å²) in [6, 6.07) is 11.7. The SMILES string of the molecule is COC1(c2cc(F)cc(Sc3ccc(/C(C)=N\O)cc3)c2)CCN(CC(F)(F)F)C1. The molecule has 1 aliphatic heterocycles. The fourth-order valence-corrected chi connectivity index (χ4v) is 4.51. The number of halogens is 4. The fourth-order valence-electron chi connectivity index (χ4n) is 3.61. The molecule has 1 fully saturated rings. The maximum Gasteiger partial charge on any atom is 0.401 e. The number of alkyl halides is 3. The Bertz CT molecular complexity index is 918. The molecule has 3 rings (SSSR count). The van der Waals surface area contributed by atoms with Crippen molar-refractivity contribution in [2.24, 2.45) is 5.16 Å². The van der Waals surface area contributed by atoms with Crippen LogP contribution in [0.25, 0.3) is 0 Å². The molecule has 9 heteroatoms. The van der Waals surface area contributed by atoms with Gasteiger partial charge in [0.25, 0.3) is 0 Å². The Kier molecular flexibility index (Phi) is 6.74. The van der Waals surface area contributed by atoms with Crippen molar-refractivity contribution in [3.8, 4) is 0 Å². The number of nitrogens with zero attached hydrogens (tertiary/aromatic N) is 2. The first-order valence-electron chi connectivity index (χ1n) is 9.26. The van der Waals surface area contributed by atoms with Crippen LogP contribution in [0.4, 0.5) is 17.6 Å². The van der Waals surface area contributed by atoms with Crippen molar-refractivity contribution in [2.75, 3.05) is 26.7 Å². The fraction of sp³-hybridized carbons (Fsp3) is 0.381. The number of benzene rings is 2. The molecular weight excluding hydrogens is 420 g/mol. The minimum atomic E-state index is -4.29. The standard InChI is InChI=1S/C21H22F4N2O2S/c1-14(26-28)15-3-5-18(6-4-15)30-19-10-16(9-17(22)11-19)20(29-2)7-8-27(12-20)13-21(23,24)25/h3-6,9-11,28H,7-8,12-13H2,1-2H3/b26-14-. The largest absolute Gasteiger partial charge is 0.411 e. The molecule has 0 saturated carbocycles. The van der Waals surface area contributed by atoms with Crippen molar-refractivity contribution in [3.05, 3.63) is 59.4 Å². The van der Waals surface area contributed by atoms with Crippen molar-refractivity contribution < 1.29 is 27.5 Å². The van der Waals surface area contributed by atoms with Gasteiger partial charge in [0.2, 0.25) is 0 Å². The lowest BCUT2D eigenvalue weighted by Gasteiger charge is -2.29. The Morgan fingerprint density at radius 1 is 1.20 bits per heavy atom. The Morgan fingerprint density at radius 3 is 2.50 bits per heavy atom. The molecule has 4 nitrogen and oxygen atoms in total. The van der Waals surface area contributed by atoms with E-state index in [2.05, 4.69) is 5.16 Å². The minimum absolute atomic E-state index is 0.0467. The van der Waals surface area contributed by atoms with Gasteiger partial charge in [-0.2, -0.15) is 13.2 Å². The molecule has 1 saturated heterocycles. The highest BCUT2D eigenvalue weighted by atomic mass is 32.2. The Morgan fingerprint density at radius 2 is 1.90 bits per heavy atom. The van der Waals surface area contributed by atoms with E-state index in [1.54, 1.807) is 25.1 Å². The van der Waals surface area contributed by atoms with Crippen molar-refractivity contribution in [2.45, 2.75) is 34.9 Å².